The van der Waals surface area contributed by atoms with Gasteiger partial charge in [-0.3, -0.25) is 4.31 Å². The number of anilines is 1. The standard InChI is InChI=1S/C10H10BrFN4O2S/c1-15-10(9(11)13-14-15)19(17,18)16(2)8-6-4-3-5-7(8)12/h3-6H,1-2H3. The van der Waals surface area contributed by atoms with Gasteiger partial charge in [-0.25, -0.2) is 9.07 Å². The van der Waals surface area contributed by atoms with E-state index in [-0.39, 0.29) is 15.3 Å². The molecule has 0 radical (unpaired) electrons. The maximum atomic E-state index is 13.7. The monoisotopic (exact) mass is 348 g/mol. The molecule has 19 heavy (non-hydrogen) atoms. The first-order valence-corrected chi connectivity index (χ1v) is 7.37. The van der Waals surface area contributed by atoms with Crippen molar-refractivity contribution in [2.24, 2.45) is 7.05 Å². The van der Waals surface area contributed by atoms with Gasteiger partial charge >= 0.3 is 0 Å². The lowest BCUT2D eigenvalue weighted by Crippen LogP contribution is -2.29. The van der Waals surface area contributed by atoms with Crippen LogP contribution in [0.4, 0.5) is 10.1 Å². The van der Waals surface area contributed by atoms with Gasteiger partial charge in [-0.1, -0.05) is 17.3 Å². The van der Waals surface area contributed by atoms with Crippen molar-refractivity contribution in [2.75, 3.05) is 11.4 Å². The maximum Gasteiger partial charge on any atom is 0.284 e. The molecule has 0 amide bonds. The Hall–Kier alpha value is -1.48. The first-order valence-electron chi connectivity index (χ1n) is 5.14. The van der Waals surface area contributed by atoms with Crippen LogP contribution in [0.2, 0.25) is 0 Å². The van der Waals surface area contributed by atoms with Crippen molar-refractivity contribution in [1.29, 1.82) is 0 Å². The summed E-state index contributed by atoms with van der Waals surface area (Å²) >= 11 is 3.02. The third-order valence-corrected chi connectivity index (χ3v) is 5.19. The summed E-state index contributed by atoms with van der Waals surface area (Å²) in [6, 6.07) is 5.62. The summed E-state index contributed by atoms with van der Waals surface area (Å²) in [5.74, 6) is -0.625. The summed E-state index contributed by atoms with van der Waals surface area (Å²) in [6.45, 7) is 0. The third kappa shape index (κ3) is 2.35. The Bertz CT molecular complexity index is 697. The molecule has 1 aromatic heterocycles. The molecule has 0 fully saturated rings. The average molecular weight is 349 g/mol. The summed E-state index contributed by atoms with van der Waals surface area (Å²) in [4.78, 5) is 0. The molecule has 6 nitrogen and oxygen atoms in total. The van der Waals surface area contributed by atoms with E-state index in [1.165, 1.54) is 32.3 Å². The van der Waals surface area contributed by atoms with Gasteiger partial charge in [-0.15, -0.1) is 5.10 Å². The first kappa shape index (κ1) is 13.9. The molecule has 0 unspecified atom stereocenters. The van der Waals surface area contributed by atoms with Gasteiger partial charge in [0.2, 0.25) is 5.03 Å². The molecular formula is C10H10BrFN4O2S. The van der Waals surface area contributed by atoms with E-state index in [1.54, 1.807) is 6.07 Å². The van der Waals surface area contributed by atoms with Crippen LogP contribution in [0.5, 0.6) is 0 Å². The number of halogens is 2. The number of sulfonamides is 1. The molecule has 0 aliphatic carbocycles. The van der Waals surface area contributed by atoms with Crippen molar-refractivity contribution in [2.45, 2.75) is 5.03 Å². The average Bonchev–Trinajstić information content (AvgIpc) is 2.69. The van der Waals surface area contributed by atoms with Gasteiger partial charge in [0.15, 0.2) is 4.60 Å². The largest absolute Gasteiger partial charge is 0.284 e. The van der Waals surface area contributed by atoms with Crippen LogP contribution >= 0.6 is 15.9 Å². The fourth-order valence-corrected chi connectivity index (χ4v) is 3.79. The van der Waals surface area contributed by atoms with E-state index in [9.17, 15) is 12.8 Å². The lowest BCUT2D eigenvalue weighted by atomic mass is 10.3. The predicted octanol–water partition coefficient (Wildman–Crippen LogP) is 1.54. The van der Waals surface area contributed by atoms with Crippen molar-refractivity contribution in [1.82, 2.24) is 15.0 Å². The quantitative estimate of drug-likeness (QED) is 0.843. The second-order valence-electron chi connectivity index (χ2n) is 3.73. The van der Waals surface area contributed by atoms with Crippen LogP contribution in [0, 0.1) is 5.82 Å². The van der Waals surface area contributed by atoms with Crippen LogP contribution in [0.1, 0.15) is 0 Å². The minimum absolute atomic E-state index is 0.0457. The summed E-state index contributed by atoms with van der Waals surface area (Å²) in [6.07, 6.45) is 0. The van der Waals surface area contributed by atoms with Gasteiger partial charge in [-0.05, 0) is 28.1 Å². The normalized spacial score (nSPS) is 11.6. The Morgan fingerprint density at radius 1 is 1.37 bits per heavy atom. The Labute approximate surface area is 118 Å². The van der Waals surface area contributed by atoms with Crippen LogP contribution in [0.3, 0.4) is 0 Å². The molecule has 1 aromatic carbocycles. The smallest absolute Gasteiger partial charge is 0.265 e. The van der Waals surface area contributed by atoms with Gasteiger partial charge in [0.05, 0.1) is 5.69 Å². The first-order chi connectivity index (χ1) is 8.85. The zero-order valence-corrected chi connectivity index (χ0v) is 12.5. The van der Waals surface area contributed by atoms with Crippen LogP contribution in [0.15, 0.2) is 33.9 Å². The number of benzene rings is 1. The van der Waals surface area contributed by atoms with Crippen molar-refractivity contribution >= 4 is 31.6 Å². The number of para-hydroxylation sites is 1. The number of aromatic nitrogens is 3. The Balaban J connectivity index is 2.55. The molecule has 0 bridgehead atoms. The summed E-state index contributed by atoms with van der Waals surface area (Å²) in [7, 11) is -1.23. The number of rotatable bonds is 3. The molecule has 0 aliphatic heterocycles. The van der Waals surface area contributed by atoms with Crippen molar-refractivity contribution in [3.05, 3.63) is 34.7 Å². The number of hydrogen-bond acceptors (Lipinski definition) is 4. The van der Waals surface area contributed by atoms with Gasteiger partial charge in [0.1, 0.15) is 5.82 Å². The second-order valence-corrected chi connectivity index (χ2v) is 6.37. The highest BCUT2D eigenvalue weighted by atomic mass is 79.9. The minimum atomic E-state index is -3.95. The maximum absolute atomic E-state index is 13.7. The lowest BCUT2D eigenvalue weighted by molar-refractivity contribution is 0.569. The molecule has 0 saturated carbocycles. The zero-order chi connectivity index (χ0) is 14.2. The Morgan fingerprint density at radius 2 is 2.00 bits per heavy atom. The SMILES string of the molecule is CN(c1ccccc1F)S(=O)(=O)c1c(Br)nnn1C. The van der Waals surface area contributed by atoms with Crippen LogP contribution in [0.25, 0.3) is 0 Å². The number of hydrogen-bond donors (Lipinski definition) is 0. The van der Waals surface area contributed by atoms with E-state index in [1.807, 2.05) is 0 Å². The van der Waals surface area contributed by atoms with Gasteiger partial charge in [0, 0.05) is 14.1 Å². The second kappa shape index (κ2) is 4.89. The predicted molar refractivity (Wildman–Crippen MR) is 70.7 cm³/mol. The van der Waals surface area contributed by atoms with Gasteiger partial charge < -0.3 is 0 Å². The summed E-state index contributed by atoms with van der Waals surface area (Å²) in [5.41, 5.74) is -0.0457. The van der Waals surface area contributed by atoms with E-state index in [0.29, 0.717) is 0 Å². The summed E-state index contributed by atoms with van der Waals surface area (Å²) in [5, 5.41) is 7.07. The molecule has 0 atom stereocenters. The third-order valence-electron chi connectivity index (χ3n) is 2.53. The zero-order valence-electron chi connectivity index (χ0n) is 10.1. The highest BCUT2D eigenvalue weighted by molar-refractivity contribution is 9.10. The van der Waals surface area contributed by atoms with E-state index in [0.717, 1.165) is 8.99 Å². The molecule has 9 heteroatoms. The molecule has 1 heterocycles. The van der Waals surface area contributed by atoms with Gasteiger partial charge in [-0.2, -0.15) is 8.42 Å². The van der Waals surface area contributed by atoms with Crippen molar-refractivity contribution in [3.8, 4) is 0 Å². The van der Waals surface area contributed by atoms with E-state index < -0.39 is 15.8 Å². The topological polar surface area (TPSA) is 68.1 Å². The molecule has 0 aliphatic rings. The van der Waals surface area contributed by atoms with Crippen molar-refractivity contribution < 1.29 is 12.8 Å². The lowest BCUT2D eigenvalue weighted by Gasteiger charge is -2.19. The Kier molecular flexibility index (Phi) is 3.59. The molecule has 0 spiro atoms. The number of aryl methyl sites for hydroxylation is 1. The van der Waals surface area contributed by atoms with Crippen LogP contribution < -0.4 is 4.31 Å². The molecule has 0 N–H and O–H groups in total. The summed E-state index contributed by atoms with van der Waals surface area (Å²) < 4.78 is 40.5. The highest BCUT2D eigenvalue weighted by Crippen LogP contribution is 2.27. The fourth-order valence-electron chi connectivity index (χ4n) is 1.56. The molecule has 0 saturated heterocycles. The van der Waals surface area contributed by atoms with Gasteiger partial charge in [0.25, 0.3) is 10.0 Å². The molecule has 102 valence electrons. The molecule has 2 aromatic rings. The van der Waals surface area contributed by atoms with Crippen LogP contribution in [-0.2, 0) is 17.1 Å². The van der Waals surface area contributed by atoms with Crippen LogP contribution in [-0.4, -0.2) is 30.5 Å². The highest BCUT2D eigenvalue weighted by Gasteiger charge is 2.30. The minimum Gasteiger partial charge on any atom is -0.265 e. The molecule has 2 rings (SSSR count). The molecular weight excluding hydrogens is 339 g/mol. The van der Waals surface area contributed by atoms with Crippen molar-refractivity contribution in [3.63, 3.8) is 0 Å². The number of nitrogens with zero attached hydrogens (tertiary/aromatic N) is 4. The van der Waals surface area contributed by atoms with E-state index in [2.05, 4.69) is 26.2 Å². The van der Waals surface area contributed by atoms with E-state index in [4.69, 9.17) is 0 Å². The fraction of sp³-hybridized carbons (Fsp3) is 0.200. The van der Waals surface area contributed by atoms with E-state index >= 15 is 0 Å². The Morgan fingerprint density at radius 3 is 2.53 bits per heavy atom.